The fourth-order valence-corrected chi connectivity index (χ4v) is 3.92. The van der Waals surface area contributed by atoms with Gasteiger partial charge >= 0.3 is 0 Å². The van der Waals surface area contributed by atoms with Crippen LogP contribution in [0.5, 0.6) is 11.5 Å². The standard InChI is InChI=1S/C25H26N2O3/c1-26(16-19-12-14-21(29-2)15-13-19)17-25(28)27-22-10-6-7-11-24(22)30-18-23(27)20-8-4-3-5-9-20/h3-15,23H,16-18H2,1-2H3/p+1/t23-/m0/s1. The topological polar surface area (TPSA) is 43.2 Å². The Balaban J connectivity index is 1.54. The van der Waals surface area contributed by atoms with E-state index in [0.717, 1.165) is 34.2 Å². The molecule has 30 heavy (non-hydrogen) atoms. The molecule has 154 valence electrons. The Morgan fingerprint density at radius 3 is 2.47 bits per heavy atom. The van der Waals surface area contributed by atoms with Gasteiger partial charge in [0.15, 0.2) is 6.54 Å². The van der Waals surface area contributed by atoms with Crippen molar-refractivity contribution < 1.29 is 19.2 Å². The zero-order valence-electron chi connectivity index (χ0n) is 17.4. The van der Waals surface area contributed by atoms with Crippen LogP contribution in [0.25, 0.3) is 0 Å². The Kier molecular flexibility index (Phi) is 6.00. The number of methoxy groups -OCH3 is 1. The molecule has 0 bridgehead atoms. The highest BCUT2D eigenvalue weighted by atomic mass is 16.5. The van der Waals surface area contributed by atoms with E-state index in [1.165, 1.54) is 5.56 Å². The minimum atomic E-state index is -0.137. The molecule has 0 saturated heterocycles. The third-order valence-electron chi connectivity index (χ3n) is 5.40. The largest absolute Gasteiger partial charge is 0.497 e. The van der Waals surface area contributed by atoms with Crippen LogP contribution in [-0.4, -0.2) is 33.2 Å². The Morgan fingerprint density at radius 2 is 1.73 bits per heavy atom. The van der Waals surface area contributed by atoms with E-state index in [1.54, 1.807) is 7.11 Å². The number of carbonyl (C=O) groups excluding carboxylic acids is 1. The number of hydrogen-bond acceptors (Lipinski definition) is 3. The molecule has 1 N–H and O–H groups in total. The molecule has 5 nitrogen and oxygen atoms in total. The first-order chi connectivity index (χ1) is 14.7. The summed E-state index contributed by atoms with van der Waals surface area (Å²) in [6.07, 6.45) is 0. The van der Waals surface area contributed by atoms with Crippen molar-refractivity contribution in [3.8, 4) is 11.5 Å². The molecule has 1 heterocycles. The van der Waals surface area contributed by atoms with Gasteiger partial charge in [0.2, 0.25) is 0 Å². The minimum absolute atomic E-state index is 0.0885. The van der Waals surface area contributed by atoms with Gasteiger partial charge in [0.05, 0.1) is 25.9 Å². The van der Waals surface area contributed by atoms with E-state index in [0.29, 0.717) is 13.2 Å². The number of quaternary nitrogens is 1. The molecular weight excluding hydrogens is 376 g/mol. The molecule has 4 rings (SSSR count). The van der Waals surface area contributed by atoms with Gasteiger partial charge in [-0.15, -0.1) is 0 Å². The van der Waals surface area contributed by atoms with Crippen LogP contribution in [0.2, 0.25) is 0 Å². The van der Waals surface area contributed by atoms with Crippen LogP contribution in [0, 0.1) is 0 Å². The molecule has 0 radical (unpaired) electrons. The summed E-state index contributed by atoms with van der Waals surface area (Å²) in [4.78, 5) is 16.5. The molecule has 1 aliphatic heterocycles. The third kappa shape index (κ3) is 4.31. The predicted octanol–water partition coefficient (Wildman–Crippen LogP) is 2.88. The minimum Gasteiger partial charge on any atom is -0.497 e. The number of hydrogen-bond donors (Lipinski definition) is 1. The van der Waals surface area contributed by atoms with Crippen molar-refractivity contribution in [3.05, 3.63) is 90.0 Å². The highest BCUT2D eigenvalue weighted by Crippen LogP contribution is 2.39. The van der Waals surface area contributed by atoms with Gasteiger partial charge in [0.1, 0.15) is 24.7 Å². The summed E-state index contributed by atoms with van der Waals surface area (Å²) < 4.78 is 11.2. The van der Waals surface area contributed by atoms with Gasteiger partial charge in [0.25, 0.3) is 5.91 Å². The SMILES string of the molecule is COc1ccc(C[NH+](C)CC(=O)N2c3ccccc3OC[C@H]2c2ccccc2)cc1. The fraction of sp³-hybridized carbons (Fsp3) is 0.240. The monoisotopic (exact) mass is 403 g/mol. The van der Waals surface area contributed by atoms with Crippen LogP contribution in [0.15, 0.2) is 78.9 Å². The molecule has 5 heteroatoms. The van der Waals surface area contributed by atoms with Crippen LogP contribution >= 0.6 is 0 Å². The van der Waals surface area contributed by atoms with Crippen LogP contribution in [0.1, 0.15) is 17.2 Å². The number of benzene rings is 3. The van der Waals surface area contributed by atoms with Gasteiger partial charge in [-0.25, -0.2) is 0 Å². The van der Waals surface area contributed by atoms with Crippen molar-refractivity contribution in [2.45, 2.75) is 12.6 Å². The number of anilines is 1. The van der Waals surface area contributed by atoms with E-state index in [2.05, 4.69) is 12.1 Å². The second kappa shape index (κ2) is 9.01. The smallest absolute Gasteiger partial charge is 0.282 e. The number of fused-ring (bicyclic) bond motifs is 1. The summed E-state index contributed by atoms with van der Waals surface area (Å²) >= 11 is 0. The highest BCUT2D eigenvalue weighted by molar-refractivity contribution is 5.96. The van der Waals surface area contributed by atoms with Gasteiger partial charge in [-0.05, 0) is 42.0 Å². The molecule has 0 aliphatic carbocycles. The van der Waals surface area contributed by atoms with E-state index < -0.39 is 0 Å². The Morgan fingerprint density at radius 1 is 1.03 bits per heavy atom. The van der Waals surface area contributed by atoms with Crippen molar-refractivity contribution in [2.75, 3.05) is 32.2 Å². The summed E-state index contributed by atoms with van der Waals surface area (Å²) in [6.45, 7) is 1.60. The number of nitrogens with one attached hydrogen (secondary N) is 1. The summed E-state index contributed by atoms with van der Waals surface area (Å²) in [5, 5.41) is 0. The fourth-order valence-electron chi connectivity index (χ4n) is 3.92. The summed E-state index contributed by atoms with van der Waals surface area (Å²) in [7, 11) is 3.71. The van der Waals surface area contributed by atoms with E-state index in [-0.39, 0.29) is 11.9 Å². The van der Waals surface area contributed by atoms with Crippen LogP contribution in [0.3, 0.4) is 0 Å². The molecule has 3 aromatic carbocycles. The van der Waals surface area contributed by atoms with Crippen LogP contribution in [0.4, 0.5) is 5.69 Å². The molecule has 2 atom stereocenters. The normalized spacial score (nSPS) is 16.3. The first-order valence-corrected chi connectivity index (χ1v) is 10.2. The number of rotatable bonds is 6. The summed E-state index contributed by atoms with van der Waals surface area (Å²) in [5.41, 5.74) is 3.08. The summed E-state index contributed by atoms with van der Waals surface area (Å²) in [6, 6.07) is 25.7. The molecule has 0 fully saturated rings. The lowest BCUT2D eigenvalue weighted by Gasteiger charge is -2.37. The number of amides is 1. The van der Waals surface area contributed by atoms with Gasteiger partial charge in [-0.3, -0.25) is 9.69 Å². The maximum Gasteiger partial charge on any atom is 0.282 e. The Labute approximate surface area is 177 Å². The second-order valence-corrected chi connectivity index (χ2v) is 7.63. The lowest BCUT2D eigenvalue weighted by atomic mass is 10.0. The molecular formula is C25H27N2O3+. The van der Waals surface area contributed by atoms with Crippen molar-refractivity contribution in [3.63, 3.8) is 0 Å². The molecule has 3 aromatic rings. The third-order valence-corrected chi connectivity index (χ3v) is 5.40. The molecule has 0 spiro atoms. The van der Waals surface area contributed by atoms with Crippen LogP contribution in [-0.2, 0) is 11.3 Å². The Bertz CT molecular complexity index is 989. The van der Waals surface area contributed by atoms with Gasteiger partial charge in [-0.1, -0.05) is 42.5 Å². The van der Waals surface area contributed by atoms with Crippen molar-refractivity contribution in [1.82, 2.24) is 0 Å². The highest BCUT2D eigenvalue weighted by Gasteiger charge is 2.34. The zero-order valence-corrected chi connectivity index (χ0v) is 17.4. The number of carbonyl (C=O) groups is 1. The van der Waals surface area contributed by atoms with Crippen molar-refractivity contribution in [1.29, 1.82) is 0 Å². The first kappa shape index (κ1) is 20.0. The zero-order chi connectivity index (χ0) is 20.9. The second-order valence-electron chi connectivity index (χ2n) is 7.63. The molecule has 1 amide bonds. The number of para-hydroxylation sites is 2. The molecule has 0 aromatic heterocycles. The number of likely N-dealkylation sites (N-methyl/N-ethyl adjacent to an activating group) is 1. The van der Waals surface area contributed by atoms with Gasteiger partial charge in [-0.2, -0.15) is 0 Å². The maximum atomic E-state index is 13.5. The van der Waals surface area contributed by atoms with Crippen molar-refractivity contribution >= 4 is 11.6 Å². The van der Waals surface area contributed by atoms with E-state index in [1.807, 2.05) is 78.7 Å². The predicted molar refractivity (Wildman–Crippen MR) is 117 cm³/mol. The molecule has 1 unspecified atom stereocenters. The van der Waals surface area contributed by atoms with E-state index in [4.69, 9.17) is 9.47 Å². The van der Waals surface area contributed by atoms with E-state index in [9.17, 15) is 4.79 Å². The van der Waals surface area contributed by atoms with Crippen molar-refractivity contribution in [2.24, 2.45) is 0 Å². The van der Waals surface area contributed by atoms with E-state index >= 15 is 0 Å². The lowest BCUT2D eigenvalue weighted by molar-refractivity contribution is -0.885. The van der Waals surface area contributed by atoms with Gasteiger partial charge < -0.3 is 14.4 Å². The first-order valence-electron chi connectivity index (χ1n) is 10.2. The average molecular weight is 404 g/mol. The lowest BCUT2D eigenvalue weighted by Crippen LogP contribution is -3.09. The molecule has 0 saturated carbocycles. The maximum absolute atomic E-state index is 13.5. The number of nitrogens with zero attached hydrogens (tertiary/aromatic N) is 1. The Hall–Kier alpha value is -3.31. The van der Waals surface area contributed by atoms with Gasteiger partial charge in [0, 0.05) is 5.56 Å². The quantitative estimate of drug-likeness (QED) is 0.688. The molecule has 1 aliphatic rings. The average Bonchev–Trinajstić information content (AvgIpc) is 2.79. The number of ether oxygens (including phenoxy) is 2. The van der Waals surface area contributed by atoms with Crippen LogP contribution < -0.4 is 19.3 Å². The summed E-state index contributed by atoms with van der Waals surface area (Å²) in [5.74, 6) is 1.68.